The molecule has 0 saturated heterocycles. The van der Waals surface area contributed by atoms with E-state index in [0.717, 1.165) is 5.57 Å². The highest BCUT2D eigenvalue weighted by atomic mass is 79.9. The standard InChI is InChI=1S/C10H12Br2Cl2/c1-8(7-12)3-4-9(13)10(2,14)5-6-11/h3-7,9H,1-2H3/t9-,10+/m1/s1. The molecule has 0 saturated carbocycles. The van der Waals surface area contributed by atoms with Crippen LogP contribution in [0.4, 0.5) is 0 Å². The van der Waals surface area contributed by atoms with Crippen LogP contribution < -0.4 is 0 Å². The summed E-state index contributed by atoms with van der Waals surface area (Å²) in [6.07, 6.45) is 5.60. The Kier molecular flexibility index (Phi) is 7.49. The van der Waals surface area contributed by atoms with Crippen molar-refractivity contribution in [3.05, 3.63) is 33.8 Å². The highest BCUT2D eigenvalue weighted by molar-refractivity contribution is 9.11. The maximum atomic E-state index is 6.18. The summed E-state index contributed by atoms with van der Waals surface area (Å²) in [4.78, 5) is 2.98. The normalized spacial score (nSPS) is 20.3. The van der Waals surface area contributed by atoms with Crippen LogP contribution >= 0.6 is 55.1 Å². The maximum Gasteiger partial charge on any atom is 0.0804 e. The molecule has 0 nitrogen and oxygen atoms in total. The van der Waals surface area contributed by atoms with Crippen LogP contribution in [-0.2, 0) is 0 Å². The molecule has 0 fully saturated rings. The van der Waals surface area contributed by atoms with E-state index >= 15 is 0 Å². The van der Waals surface area contributed by atoms with Crippen LogP contribution in [0, 0.1) is 0 Å². The van der Waals surface area contributed by atoms with Crippen LogP contribution in [-0.4, -0.2) is 10.3 Å². The van der Waals surface area contributed by atoms with Crippen molar-refractivity contribution in [3.8, 4) is 0 Å². The summed E-state index contributed by atoms with van der Waals surface area (Å²) in [5.74, 6) is 0. The van der Waals surface area contributed by atoms with Crippen molar-refractivity contribution in [2.75, 3.05) is 0 Å². The Bertz CT molecular complexity index is 255. The van der Waals surface area contributed by atoms with Crippen LogP contribution in [0.5, 0.6) is 0 Å². The Morgan fingerprint density at radius 2 is 2.00 bits per heavy atom. The molecule has 0 spiro atoms. The average molecular weight is 363 g/mol. The van der Waals surface area contributed by atoms with Crippen molar-refractivity contribution < 1.29 is 0 Å². The zero-order valence-electron chi connectivity index (χ0n) is 7.98. The summed E-state index contributed by atoms with van der Waals surface area (Å²) in [6, 6.07) is 0. The van der Waals surface area contributed by atoms with Gasteiger partial charge in [-0.05, 0) is 29.4 Å². The van der Waals surface area contributed by atoms with E-state index in [1.165, 1.54) is 0 Å². The molecule has 14 heavy (non-hydrogen) atoms. The van der Waals surface area contributed by atoms with E-state index in [-0.39, 0.29) is 5.38 Å². The molecule has 0 aliphatic heterocycles. The fourth-order valence-electron chi connectivity index (χ4n) is 0.676. The Morgan fingerprint density at radius 1 is 1.43 bits per heavy atom. The van der Waals surface area contributed by atoms with Crippen LogP contribution in [0.15, 0.2) is 33.8 Å². The molecule has 0 bridgehead atoms. The Hall–Kier alpha value is 0.760. The second-order valence-corrected chi connectivity index (χ2v) is 5.33. The van der Waals surface area contributed by atoms with Gasteiger partial charge in [-0.15, -0.1) is 23.2 Å². The van der Waals surface area contributed by atoms with Crippen molar-refractivity contribution in [2.24, 2.45) is 0 Å². The number of hydrogen-bond acceptors (Lipinski definition) is 0. The van der Waals surface area contributed by atoms with Gasteiger partial charge in [0.15, 0.2) is 0 Å². The molecular weight excluding hydrogens is 351 g/mol. The van der Waals surface area contributed by atoms with Gasteiger partial charge in [0, 0.05) is 0 Å². The molecule has 2 atom stereocenters. The van der Waals surface area contributed by atoms with Gasteiger partial charge in [0.05, 0.1) is 10.3 Å². The van der Waals surface area contributed by atoms with Gasteiger partial charge in [0.1, 0.15) is 0 Å². The molecule has 0 radical (unpaired) electrons. The third-order valence-electron chi connectivity index (χ3n) is 1.63. The molecule has 0 aliphatic carbocycles. The van der Waals surface area contributed by atoms with Crippen LogP contribution in [0.2, 0.25) is 0 Å². The maximum absolute atomic E-state index is 6.18. The lowest BCUT2D eigenvalue weighted by atomic mass is 10.1. The van der Waals surface area contributed by atoms with Gasteiger partial charge in [-0.2, -0.15) is 0 Å². The third-order valence-corrected chi connectivity index (χ3v) is 3.69. The van der Waals surface area contributed by atoms with Gasteiger partial charge in [-0.3, -0.25) is 0 Å². The molecule has 0 heterocycles. The molecule has 0 aromatic heterocycles. The SMILES string of the molecule is CC(C=C[C@@H](Cl)[C@@](C)(Cl)C=CBr)=CBr. The molecular formula is C10H12Br2Cl2. The number of alkyl halides is 2. The summed E-state index contributed by atoms with van der Waals surface area (Å²) in [5, 5.41) is -0.250. The Morgan fingerprint density at radius 3 is 2.43 bits per heavy atom. The molecule has 0 aromatic rings. The number of halogens is 4. The number of allylic oxidation sites excluding steroid dienone is 4. The number of rotatable bonds is 4. The monoisotopic (exact) mass is 360 g/mol. The topological polar surface area (TPSA) is 0 Å². The lowest BCUT2D eigenvalue weighted by molar-refractivity contribution is 0.800. The van der Waals surface area contributed by atoms with E-state index in [9.17, 15) is 0 Å². The summed E-state index contributed by atoms with van der Waals surface area (Å²) < 4.78 is 0. The zero-order valence-corrected chi connectivity index (χ0v) is 12.7. The average Bonchev–Trinajstić information content (AvgIpc) is 2.13. The second-order valence-electron chi connectivity index (χ2n) is 3.06. The van der Waals surface area contributed by atoms with Gasteiger partial charge in [0.2, 0.25) is 0 Å². The first-order valence-corrected chi connectivity index (χ1v) is 6.64. The Balaban J connectivity index is 4.48. The first kappa shape index (κ1) is 14.8. The van der Waals surface area contributed by atoms with Crippen molar-refractivity contribution in [2.45, 2.75) is 24.1 Å². The van der Waals surface area contributed by atoms with Crippen molar-refractivity contribution >= 4 is 55.1 Å². The van der Waals surface area contributed by atoms with E-state index < -0.39 is 4.87 Å². The smallest absolute Gasteiger partial charge is 0.0804 e. The first-order valence-electron chi connectivity index (χ1n) is 4.00. The molecule has 80 valence electrons. The summed E-state index contributed by atoms with van der Waals surface area (Å²) >= 11 is 18.7. The van der Waals surface area contributed by atoms with Gasteiger partial charge < -0.3 is 0 Å². The zero-order chi connectivity index (χ0) is 11.2. The van der Waals surface area contributed by atoms with Crippen LogP contribution in [0.1, 0.15) is 13.8 Å². The minimum absolute atomic E-state index is 0.250. The van der Waals surface area contributed by atoms with Gasteiger partial charge in [0.25, 0.3) is 0 Å². The molecule has 0 unspecified atom stereocenters. The first-order chi connectivity index (χ1) is 6.44. The molecule has 0 aromatic carbocycles. The highest BCUT2D eigenvalue weighted by Crippen LogP contribution is 2.27. The fraction of sp³-hybridized carbons (Fsp3) is 0.400. The molecule has 0 rings (SSSR count). The predicted molar refractivity (Wildman–Crippen MR) is 73.8 cm³/mol. The van der Waals surface area contributed by atoms with Crippen LogP contribution in [0.25, 0.3) is 0 Å². The van der Waals surface area contributed by atoms with Crippen molar-refractivity contribution in [1.82, 2.24) is 0 Å². The lowest BCUT2D eigenvalue weighted by Gasteiger charge is -2.20. The highest BCUT2D eigenvalue weighted by Gasteiger charge is 2.25. The van der Waals surface area contributed by atoms with E-state index in [0.29, 0.717) is 0 Å². The quantitative estimate of drug-likeness (QED) is 0.467. The largest absolute Gasteiger partial charge is 0.116 e. The summed E-state index contributed by atoms with van der Waals surface area (Å²) in [6.45, 7) is 3.84. The lowest BCUT2D eigenvalue weighted by Crippen LogP contribution is -2.24. The third kappa shape index (κ3) is 5.59. The second kappa shape index (κ2) is 7.10. The van der Waals surface area contributed by atoms with Crippen molar-refractivity contribution in [1.29, 1.82) is 0 Å². The van der Waals surface area contributed by atoms with Gasteiger partial charge >= 0.3 is 0 Å². The summed E-state index contributed by atoms with van der Waals surface area (Å²) in [7, 11) is 0. The predicted octanol–water partition coefficient (Wildman–Crippen LogP) is 5.35. The van der Waals surface area contributed by atoms with E-state index in [4.69, 9.17) is 23.2 Å². The molecule has 4 heteroatoms. The molecule has 0 N–H and O–H groups in total. The fourth-order valence-corrected chi connectivity index (χ4v) is 1.81. The van der Waals surface area contributed by atoms with E-state index in [2.05, 4.69) is 31.9 Å². The molecule has 0 amide bonds. The minimum Gasteiger partial charge on any atom is -0.116 e. The van der Waals surface area contributed by atoms with E-state index in [1.54, 1.807) is 4.99 Å². The van der Waals surface area contributed by atoms with E-state index in [1.807, 2.05) is 37.1 Å². The van der Waals surface area contributed by atoms with Crippen molar-refractivity contribution in [3.63, 3.8) is 0 Å². The van der Waals surface area contributed by atoms with Crippen LogP contribution in [0.3, 0.4) is 0 Å². The minimum atomic E-state index is -0.575. The van der Waals surface area contributed by atoms with Gasteiger partial charge in [-0.25, -0.2) is 0 Å². The number of hydrogen-bond donors (Lipinski definition) is 0. The summed E-state index contributed by atoms with van der Waals surface area (Å²) in [5.41, 5.74) is 1.09. The van der Waals surface area contributed by atoms with Gasteiger partial charge in [-0.1, -0.05) is 50.1 Å². The molecule has 0 aliphatic rings. The Labute approximate surface area is 112 Å².